The van der Waals surface area contributed by atoms with Crippen LogP contribution in [-0.2, 0) is 0 Å². The number of aliphatic hydroxyl groups is 1. The minimum absolute atomic E-state index is 0.210. The zero-order valence-electron chi connectivity index (χ0n) is 12.7. The molecular weight excluding hydrogens is 274 g/mol. The Balaban J connectivity index is 2.78. The first kappa shape index (κ1) is 17.1. The topological polar surface area (TPSA) is 50.7 Å². The largest absolute Gasteiger partial charge is 0.497 e. The van der Waals surface area contributed by atoms with E-state index in [2.05, 4.69) is 12.2 Å². The maximum atomic E-state index is 8.95. The van der Waals surface area contributed by atoms with Gasteiger partial charge in [0, 0.05) is 35.3 Å². The first-order chi connectivity index (χ1) is 9.65. The normalized spacial score (nSPS) is 13.8. The summed E-state index contributed by atoms with van der Waals surface area (Å²) in [7, 11) is 5.27. The van der Waals surface area contributed by atoms with Gasteiger partial charge in [-0.15, -0.1) is 0 Å². The lowest BCUT2D eigenvalue weighted by Crippen LogP contribution is -2.20. The SMILES string of the molecule is CNC(CSC(C)CCO)c1ccc(OC)cc1OC. The monoisotopic (exact) mass is 299 g/mol. The van der Waals surface area contributed by atoms with Crippen LogP contribution < -0.4 is 14.8 Å². The van der Waals surface area contributed by atoms with Crippen LogP contribution in [0.5, 0.6) is 11.5 Å². The summed E-state index contributed by atoms with van der Waals surface area (Å²) in [5, 5.41) is 12.7. The smallest absolute Gasteiger partial charge is 0.127 e. The Kier molecular flexibility index (Phi) is 7.80. The molecule has 0 aliphatic heterocycles. The summed E-state index contributed by atoms with van der Waals surface area (Å²) in [6, 6.07) is 6.10. The molecule has 1 rings (SSSR count). The Hall–Kier alpha value is -0.910. The van der Waals surface area contributed by atoms with E-state index in [4.69, 9.17) is 14.6 Å². The van der Waals surface area contributed by atoms with Crippen molar-refractivity contribution >= 4 is 11.8 Å². The van der Waals surface area contributed by atoms with Gasteiger partial charge in [-0.25, -0.2) is 0 Å². The van der Waals surface area contributed by atoms with Crippen LogP contribution in [0, 0.1) is 0 Å². The van der Waals surface area contributed by atoms with Crippen molar-refractivity contribution in [3.63, 3.8) is 0 Å². The van der Waals surface area contributed by atoms with Crippen LogP contribution >= 0.6 is 11.8 Å². The van der Waals surface area contributed by atoms with E-state index in [0.29, 0.717) is 5.25 Å². The van der Waals surface area contributed by atoms with Gasteiger partial charge in [-0.3, -0.25) is 0 Å². The van der Waals surface area contributed by atoms with Crippen LogP contribution in [-0.4, -0.2) is 44.0 Å². The van der Waals surface area contributed by atoms with Gasteiger partial charge >= 0.3 is 0 Å². The lowest BCUT2D eigenvalue weighted by molar-refractivity contribution is 0.289. The molecule has 2 atom stereocenters. The number of thioether (sulfide) groups is 1. The predicted molar refractivity (Wildman–Crippen MR) is 85.0 cm³/mol. The molecule has 0 saturated heterocycles. The molecule has 0 fully saturated rings. The highest BCUT2D eigenvalue weighted by atomic mass is 32.2. The first-order valence-corrected chi connectivity index (χ1v) is 7.82. The highest BCUT2D eigenvalue weighted by Crippen LogP contribution is 2.32. The molecular formula is C15H25NO3S. The molecule has 0 aliphatic carbocycles. The van der Waals surface area contributed by atoms with Gasteiger partial charge in [0.1, 0.15) is 11.5 Å². The van der Waals surface area contributed by atoms with Crippen LogP contribution in [0.4, 0.5) is 0 Å². The number of hydrogen-bond acceptors (Lipinski definition) is 5. The Morgan fingerprint density at radius 2 is 2.05 bits per heavy atom. The molecule has 20 heavy (non-hydrogen) atoms. The average Bonchev–Trinajstić information content (AvgIpc) is 2.48. The number of rotatable bonds is 9. The van der Waals surface area contributed by atoms with Crippen molar-refractivity contribution in [2.24, 2.45) is 0 Å². The highest BCUT2D eigenvalue weighted by Gasteiger charge is 2.16. The molecule has 0 heterocycles. The van der Waals surface area contributed by atoms with Crippen molar-refractivity contribution in [3.05, 3.63) is 23.8 Å². The summed E-state index contributed by atoms with van der Waals surface area (Å²) in [6.07, 6.45) is 0.820. The molecule has 2 unspecified atom stereocenters. The number of benzene rings is 1. The van der Waals surface area contributed by atoms with Gasteiger partial charge in [-0.2, -0.15) is 11.8 Å². The van der Waals surface area contributed by atoms with Gasteiger partial charge in [0.05, 0.1) is 14.2 Å². The van der Waals surface area contributed by atoms with Crippen molar-refractivity contribution in [2.75, 3.05) is 33.6 Å². The molecule has 1 aromatic carbocycles. The second-order valence-corrected chi connectivity index (χ2v) is 6.08. The van der Waals surface area contributed by atoms with E-state index in [1.807, 2.05) is 37.0 Å². The summed E-state index contributed by atoms with van der Waals surface area (Å²) in [6.45, 7) is 2.38. The van der Waals surface area contributed by atoms with Crippen LogP contribution in [0.2, 0.25) is 0 Å². The molecule has 0 radical (unpaired) electrons. The summed E-state index contributed by atoms with van der Waals surface area (Å²) < 4.78 is 10.7. The number of aliphatic hydroxyl groups excluding tert-OH is 1. The number of hydrogen-bond donors (Lipinski definition) is 2. The van der Waals surface area contributed by atoms with E-state index in [-0.39, 0.29) is 12.6 Å². The molecule has 2 N–H and O–H groups in total. The van der Waals surface area contributed by atoms with Crippen LogP contribution in [0.15, 0.2) is 18.2 Å². The Morgan fingerprint density at radius 1 is 1.30 bits per heavy atom. The maximum absolute atomic E-state index is 8.95. The molecule has 0 amide bonds. The quantitative estimate of drug-likeness (QED) is 0.733. The Morgan fingerprint density at radius 3 is 2.60 bits per heavy atom. The summed E-state index contributed by atoms with van der Waals surface area (Å²) in [5.74, 6) is 2.56. The maximum Gasteiger partial charge on any atom is 0.127 e. The molecule has 0 aliphatic rings. The minimum atomic E-state index is 0.210. The van der Waals surface area contributed by atoms with Gasteiger partial charge in [0.2, 0.25) is 0 Å². The van der Waals surface area contributed by atoms with E-state index >= 15 is 0 Å². The lowest BCUT2D eigenvalue weighted by atomic mass is 10.1. The molecule has 0 bridgehead atoms. The summed E-state index contributed by atoms with van der Waals surface area (Å²) in [4.78, 5) is 0. The van der Waals surface area contributed by atoms with E-state index in [1.54, 1.807) is 14.2 Å². The second kappa shape index (κ2) is 9.10. The molecule has 0 aromatic heterocycles. The predicted octanol–water partition coefficient (Wildman–Crippen LogP) is 2.47. The number of ether oxygens (including phenoxy) is 2. The van der Waals surface area contributed by atoms with E-state index in [1.165, 1.54) is 0 Å². The summed E-state index contributed by atoms with van der Waals surface area (Å²) >= 11 is 1.85. The van der Waals surface area contributed by atoms with Gasteiger partial charge in [0.15, 0.2) is 0 Å². The minimum Gasteiger partial charge on any atom is -0.497 e. The van der Waals surface area contributed by atoms with Crippen LogP contribution in [0.25, 0.3) is 0 Å². The highest BCUT2D eigenvalue weighted by molar-refractivity contribution is 7.99. The zero-order chi connectivity index (χ0) is 15.0. The third-order valence-corrected chi connectivity index (χ3v) is 4.58. The van der Waals surface area contributed by atoms with Crippen LogP contribution in [0.3, 0.4) is 0 Å². The third-order valence-electron chi connectivity index (χ3n) is 3.25. The van der Waals surface area contributed by atoms with Crippen molar-refractivity contribution in [3.8, 4) is 11.5 Å². The Labute approximate surface area is 125 Å². The standard InChI is InChI=1S/C15H25NO3S/c1-11(7-8-17)20-10-14(16-2)13-6-5-12(18-3)9-15(13)19-4/h5-6,9,11,14,16-17H,7-8,10H2,1-4H3. The first-order valence-electron chi connectivity index (χ1n) is 6.77. The van der Waals surface area contributed by atoms with Gasteiger partial charge in [0.25, 0.3) is 0 Å². The molecule has 114 valence electrons. The van der Waals surface area contributed by atoms with Crippen molar-refractivity contribution in [1.29, 1.82) is 0 Å². The zero-order valence-corrected chi connectivity index (χ0v) is 13.5. The fourth-order valence-electron chi connectivity index (χ4n) is 1.96. The number of methoxy groups -OCH3 is 2. The van der Waals surface area contributed by atoms with Crippen molar-refractivity contribution in [2.45, 2.75) is 24.6 Å². The van der Waals surface area contributed by atoms with Gasteiger partial charge in [-0.1, -0.05) is 13.0 Å². The van der Waals surface area contributed by atoms with Gasteiger partial charge < -0.3 is 19.9 Å². The fourth-order valence-corrected chi connectivity index (χ4v) is 3.10. The fraction of sp³-hybridized carbons (Fsp3) is 0.600. The second-order valence-electron chi connectivity index (χ2n) is 4.61. The third kappa shape index (κ3) is 4.89. The van der Waals surface area contributed by atoms with Crippen molar-refractivity contribution < 1.29 is 14.6 Å². The molecule has 1 aromatic rings. The average molecular weight is 299 g/mol. The molecule has 4 nitrogen and oxygen atoms in total. The van der Waals surface area contributed by atoms with E-state index < -0.39 is 0 Å². The number of nitrogens with one attached hydrogen (secondary N) is 1. The lowest BCUT2D eigenvalue weighted by Gasteiger charge is -2.21. The van der Waals surface area contributed by atoms with Crippen molar-refractivity contribution in [1.82, 2.24) is 5.32 Å². The van der Waals surface area contributed by atoms with Gasteiger partial charge in [-0.05, 0) is 19.5 Å². The Bertz CT molecular complexity index is 401. The molecule has 5 heteroatoms. The molecule has 0 spiro atoms. The van der Waals surface area contributed by atoms with Crippen LogP contribution in [0.1, 0.15) is 24.9 Å². The van der Waals surface area contributed by atoms with E-state index in [9.17, 15) is 0 Å². The summed E-state index contributed by atoms with van der Waals surface area (Å²) in [5.41, 5.74) is 1.12. The molecule has 0 saturated carbocycles. The van der Waals surface area contributed by atoms with E-state index in [0.717, 1.165) is 29.2 Å².